The van der Waals surface area contributed by atoms with Gasteiger partial charge in [-0.05, 0) is 27.8 Å². The molecule has 0 aromatic carbocycles. The molecule has 1 aromatic rings. The van der Waals surface area contributed by atoms with Crippen LogP contribution >= 0.6 is 0 Å². The Kier molecular flexibility index (Phi) is 4.79. The summed E-state index contributed by atoms with van der Waals surface area (Å²) in [4.78, 5) is 13.1. The third-order valence-corrected chi connectivity index (χ3v) is 3.57. The summed E-state index contributed by atoms with van der Waals surface area (Å²) in [6.45, 7) is 8.19. The maximum atomic E-state index is 11.4. The van der Waals surface area contributed by atoms with E-state index in [1.54, 1.807) is 11.6 Å². The molecule has 0 amide bonds. The summed E-state index contributed by atoms with van der Waals surface area (Å²) in [5.74, 6) is 0.594. The number of hydrogen-bond donors (Lipinski definition) is 1. The molecule has 0 bridgehead atoms. The molecule has 1 atom stereocenters. The first-order valence-electron chi connectivity index (χ1n) is 7.20. The van der Waals surface area contributed by atoms with Gasteiger partial charge in [-0.1, -0.05) is 0 Å². The van der Waals surface area contributed by atoms with E-state index >= 15 is 0 Å². The van der Waals surface area contributed by atoms with Crippen LogP contribution in [0.1, 0.15) is 25.6 Å². The number of likely N-dealkylation sites (N-methyl/N-ethyl adjacent to an activating group) is 1. The van der Waals surface area contributed by atoms with Gasteiger partial charge in [-0.3, -0.25) is 10.1 Å². The fraction of sp³-hybridized carbons (Fsp3) is 0.769. The first-order valence-corrected chi connectivity index (χ1v) is 7.20. The molecule has 21 heavy (non-hydrogen) atoms. The molecule has 1 aromatic heterocycles. The highest BCUT2D eigenvalue weighted by molar-refractivity contribution is 5.62. The van der Waals surface area contributed by atoms with E-state index in [1.807, 2.05) is 25.8 Å². The Labute approximate surface area is 124 Å². The lowest BCUT2D eigenvalue weighted by atomic mass is 10.2. The van der Waals surface area contributed by atoms with Crippen LogP contribution in [0, 0.1) is 17.0 Å². The number of nitro groups is 1. The van der Waals surface area contributed by atoms with Crippen LogP contribution in [0.3, 0.4) is 0 Å². The van der Waals surface area contributed by atoms with E-state index in [4.69, 9.17) is 4.74 Å². The van der Waals surface area contributed by atoms with Gasteiger partial charge in [0, 0.05) is 25.7 Å². The van der Waals surface area contributed by atoms with Crippen LogP contribution in [0.2, 0.25) is 0 Å². The molecule has 1 fully saturated rings. The van der Waals surface area contributed by atoms with Gasteiger partial charge in [0.1, 0.15) is 5.69 Å². The van der Waals surface area contributed by atoms with E-state index in [9.17, 15) is 10.1 Å². The first-order chi connectivity index (χ1) is 9.95. The lowest BCUT2D eigenvalue weighted by Gasteiger charge is -2.34. The normalized spacial score (nSPS) is 19.3. The van der Waals surface area contributed by atoms with Gasteiger partial charge in [-0.2, -0.15) is 5.10 Å². The SMILES string of the molecule is CNCC1CN(c2c([N+](=O)[O-])c(C)nn2C(C)C)CCO1. The van der Waals surface area contributed by atoms with Crippen LogP contribution in [0.4, 0.5) is 11.5 Å². The Morgan fingerprint density at radius 2 is 2.29 bits per heavy atom. The van der Waals surface area contributed by atoms with Crippen molar-refractivity contribution in [3.8, 4) is 0 Å². The number of anilines is 1. The zero-order valence-corrected chi connectivity index (χ0v) is 13.0. The maximum absolute atomic E-state index is 11.4. The van der Waals surface area contributed by atoms with E-state index in [0.717, 1.165) is 6.54 Å². The standard InChI is InChI=1S/C13H23N5O3/c1-9(2)17-13(12(18(19)20)10(3)15-17)16-5-6-21-11(8-16)7-14-4/h9,11,14H,5-8H2,1-4H3. The van der Waals surface area contributed by atoms with Crippen molar-refractivity contribution in [3.05, 3.63) is 15.8 Å². The fourth-order valence-electron chi connectivity index (χ4n) is 2.66. The predicted octanol–water partition coefficient (Wildman–Crippen LogP) is 1.11. The van der Waals surface area contributed by atoms with Crippen molar-refractivity contribution in [1.29, 1.82) is 0 Å². The molecule has 0 saturated carbocycles. The summed E-state index contributed by atoms with van der Waals surface area (Å²) in [7, 11) is 1.87. The molecule has 1 N–H and O–H groups in total. The van der Waals surface area contributed by atoms with Crippen LogP contribution < -0.4 is 10.2 Å². The predicted molar refractivity (Wildman–Crippen MR) is 79.9 cm³/mol. The Hall–Kier alpha value is -1.67. The van der Waals surface area contributed by atoms with E-state index in [1.165, 1.54) is 0 Å². The van der Waals surface area contributed by atoms with Crippen molar-refractivity contribution in [3.63, 3.8) is 0 Å². The molecular formula is C13H23N5O3. The van der Waals surface area contributed by atoms with E-state index in [0.29, 0.717) is 31.2 Å². The highest BCUT2D eigenvalue weighted by Gasteiger charge is 2.33. The zero-order valence-electron chi connectivity index (χ0n) is 13.0. The minimum absolute atomic E-state index is 0.0270. The Morgan fingerprint density at radius 3 is 2.86 bits per heavy atom. The minimum Gasteiger partial charge on any atom is -0.373 e. The molecule has 0 radical (unpaired) electrons. The van der Waals surface area contributed by atoms with Crippen LogP contribution in [0.25, 0.3) is 0 Å². The van der Waals surface area contributed by atoms with Crippen molar-refractivity contribution in [2.45, 2.75) is 32.9 Å². The molecule has 1 unspecified atom stereocenters. The van der Waals surface area contributed by atoms with Gasteiger partial charge < -0.3 is 15.0 Å². The monoisotopic (exact) mass is 297 g/mol. The summed E-state index contributed by atoms with van der Waals surface area (Å²) < 4.78 is 7.42. The number of aromatic nitrogens is 2. The lowest BCUT2D eigenvalue weighted by Crippen LogP contribution is -2.47. The van der Waals surface area contributed by atoms with Crippen LogP contribution in [-0.4, -0.2) is 54.1 Å². The summed E-state index contributed by atoms with van der Waals surface area (Å²) >= 11 is 0. The molecule has 1 aliphatic rings. The highest BCUT2D eigenvalue weighted by Crippen LogP contribution is 2.34. The third-order valence-electron chi connectivity index (χ3n) is 3.57. The van der Waals surface area contributed by atoms with Gasteiger partial charge >= 0.3 is 5.69 Å². The quantitative estimate of drug-likeness (QED) is 0.647. The fourth-order valence-corrected chi connectivity index (χ4v) is 2.66. The summed E-state index contributed by atoms with van der Waals surface area (Å²) in [6, 6.07) is 0.0676. The number of nitrogens with one attached hydrogen (secondary N) is 1. The number of rotatable bonds is 5. The maximum Gasteiger partial charge on any atom is 0.333 e. The van der Waals surface area contributed by atoms with Gasteiger partial charge in [0.15, 0.2) is 0 Å². The molecule has 1 saturated heterocycles. The zero-order chi connectivity index (χ0) is 15.6. The number of hydrogen-bond acceptors (Lipinski definition) is 6. The molecular weight excluding hydrogens is 274 g/mol. The second-order valence-corrected chi connectivity index (χ2v) is 5.55. The van der Waals surface area contributed by atoms with Crippen LogP contribution in [-0.2, 0) is 4.74 Å². The van der Waals surface area contributed by atoms with E-state index in [2.05, 4.69) is 10.4 Å². The average Bonchev–Trinajstić information content (AvgIpc) is 2.77. The second-order valence-electron chi connectivity index (χ2n) is 5.55. The van der Waals surface area contributed by atoms with Crippen molar-refractivity contribution < 1.29 is 9.66 Å². The average molecular weight is 297 g/mol. The lowest BCUT2D eigenvalue weighted by molar-refractivity contribution is -0.384. The smallest absolute Gasteiger partial charge is 0.333 e. The molecule has 2 heterocycles. The highest BCUT2D eigenvalue weighted by atomic mass is 16.6. The molecule has 8 nitrogen and oxygen atoms in total. The molecule has 0 aliphatic carbocycles. The van der Waals surface area contributed by atoms with E-state index < -0.39 is 0 Å². The van der Waals surface area contributed by atoms with Crippen molar-refractivity contribution in [2.24, 2.45) is 0 Å². The largest absolute Gasteiger partial charge is 0.373 e. The molecule has 0 spiro atoms. The van der Waals surface area contributed by atoms with Crippen molar-refractivity contribution in [1.82, 2.24) is 15.1 Å². The second kappa shape index (κ2) is 6.40. The Balaban J connectivity index is 2.38. The summed E-state index contributed by atoms with van der Waals surface area (Å²) in [5.41, 5.74) is 0.564. The van der Waals surface area contributed by atoms with Gasteiger partial charge in [0.2, 0.25) is 5.82 Å². The topological polar surface area (TPSA) is 85.5 Å². The van der Waals surface area contributed by atoms with Crippen LogP contribution in [0.15, 0.2) is 0 Å². The molecule has 1 aliphatic heterocycles. The Morgan fingerprint density at radius 1 is 1.57 bits per heavy atom. The van der Waals surface area contributed by atoms with Crippen molar-refractivity contribution in [2.75, 3.05) is 38.2 Å². The van der Waals surface area contributed by atoms with E-state index in [-0.39, 0.29) is 22.8 Å². The van der Waals surface area contributed by atoms with Gasteiger partial charge in [0.25, 0.3) is 0 Å². The number of morpholine rings is 1. The van der Waals surface area contributed by atoms with Crippen LogP contribution in [0.5, 0.6) is 0 Å². The number of nitrogens with zero attached hydrogens (tertiary/aromatic N) is 4. The first kappa shape index (κ1) is 15.7. The van der Waals surface area contributed by atoms with Gasteiger partial charge in [-0.25, -0.2) is 4.68 Å². The number of ether oxygens (including phenoxy) is 1. The minimum atomic E-state index is -0.334. The third kappa shape index (κ3) is 3.16. The summed E-state index contributed by atoms with van der Waals surface area (Å²) in [5, 5.41) is 18.8. The van der Waals surface area contributed by atoms with Crippen molar-refractivity contribution >= 4 is 11.5 Å². The molecule has 118 valence electrons. The number of aryl methyl sites for hydroxylation is 1. The molecule has 8 heteroatoms. The summed E-state index contributed by atoms with van der Waals surface area (Å²) in [6.07, 6.45) is 0.0270. The Bertz CT molecular complexity index is 512. The van der Waals surface area contributed by atoms with Gasteiger partial charge in [0.05, 0.1) is 17.6 Å². The molecule has 2 rings (SSSR count). The van der Waals surface area contributed by atoms with Gasteiger partial charge in [-0.15, -0.1) is 0 Å².